The van der Waals surface area contributed by atoms with Crippen molar-refractivity contribution in [2.75, 3.05) is 32.7 Å². The molecule has 0 unspecified atom stereocenters. The number of aromatic hydroxyl groups is 2. The molecule has 32 N–H and O–H groups in total. The van der Waals surface area contributed by atoms with Gasteiger partial charge in [0, 0.05) is 19.4 Å². The third kappa shape index (κ3) is 35.2. The lowest BCUT2D eigenvalue weighted by atomic mass is 10.0. The van der Waals surface area contributed by atoms with Gasteiger partial charge in [-0.1, -0.05) is 38.1 Å². The number of carbonyl (C=O) groups is 16. The molecule has 15 amide bonds. The highest BCUT2D eigenvalue weighted by Crippen LogP contribution is 2.16. The molecule has 2 rings (SSSR count). The van der Waals surface area contributed by atoms with Crippen molar-refractivity contribution in [1.29, 1.82) is 0 Å². The molecule has 0 aliphatic carbocycles. The molecule has 0 saturated carbocycles. The predicted molar refractivity (Wildman–Crippen MR) is 379 cm³/mol. The van der Waals surface area contributed by atoms with Crippen molar-refractivity contribution in [1.82, 2.24) is 63.8 Å². The van der Waals surface area contributed by atoms with Gasteiger partial charge in [-0.25, -0.2) is 0 Å². The fraction of sp³-hybridized carbons (Fsp3) is 0.554. The van der Waals surface area contributed by atoms with Gasteiger partial charge in [-0.15, -0.1) is 0 Å². The van der Waals surface area contributed by atoms with Crippen molar-refractivity contribution >= 4 is 101 Å². The molecule has 0 radical (unpaired) electrons. The van der Waals surface area contributed by atoms with E-state index in [4.69, 9.17) is 51.0 Å². The summed E-state index contributed by atoms with van der Waals surface area (Å²) < 4.78 is 0. The highest BCUT2D eigenvalue weighted by atomic mass is 16.4. The Balaban J connectivity index is 2.60. The molecule has 106 heavy (non-hydrogen) atoms. The maximum atomic E-state index is 14.7. The summed E-state index contributed by atoms with van der Waals surface area (Å²) in [5.41, 5.74) is 44.7. The molecule has 0 bridgehead atoms. The first kappa shape index (κ1) is 90.8. The average Bonchev–Trinajstić information content (AvgIpc) is 0.854. The minimum absolute atomic E-state index is 0.0225. The number of rotatable bonds is 50. The quantitative estimate of drug-likeness (QED) is 0.0166. The third-order valence-electron chi connectivity index (χ3n) is 15.6. The summed E-state index contributed by atoms with van der Waals surface area (Å²) in [5, 5.41) is 68.9. The van der Waals surface area contributed by atoms with Gasteiger partial charge in [0.1, 0.15) is 84.5 Å². The summed E-state index contributed by atoms with van der Waals surface area (Å²) in [4.78, 5) is 219. The number of aliphatic hydroxyl groups is 1. The first-order valence-corrected chi connectivity index (χ1v) is 34.0. The second-order valence-corrected chi connectivity index (χ2v) is 25.3. The number of aliphatic carboxylic acids is 1. The van der Waals surface area contributed by atoms with Crippen molar-refractivity contribution < 1.29 is 97.1 Å². The number of nitrogens with two attached hydrogens (primary N) is 8. The zero-order chi connectivity index (χ0) is 79.9. The molecule has 0 aromatic heterocycles. The monoisotopic (exact) mass is 1500 g/mol. The van der Waals surface area contributed by atoms with Gasteiger partial charge >= 0.3 is 5.97 Å². The number of aliphatic hydroxyl groups excluding tert-OH is 1. The van der Waals surface area contributed by atoms with Crippen LogP contribution in [-0.2, 0) is 89.6 Å². The van der Waals surface area contributed by atoms with Gasteiger partial charge in [0.25, 0.3) is 0 Å². The summed E-state index contributed by atoms with van der Waals surface area (Å²) in [7, 11) is 0. The number of nitrogens with zero attached hydrogens (tertiary/aromatic N) is 1. The maximum Gasteiger partial charge on any atom is 0.322 e. The smallest absolute Gasteiger partial charge is 0.322 e. The number of phenols is 2. The molecule has 0 spiro atoms. The van der Waals surface area contributed by atoms with E-state index in [0.29, 0.717) is 24.0 Å². The highest BCUT2D eigenvalue weighted by molar-refractivity contribution is 6.01. The third-order valence-corrected chi connectivity index (χ3v) is 15.6. The molecule has 41 heteroatoms. The highest BCUT2D eigenvalue weighted by Gasteiger charge is 2.38. The van der Waals surface area contributed by atoms with Gasteiger partial charge in [-0.3, -0.25) is 81.7 Å². The number of hydrogen-bond acceptors (Lipinski definition) is 23. The van der Waals surface area contributed by atoms with Gasteiger partial charge in [0.15, 0.2) is 5.96 Å². The molecule has 0 saturated heterocycles. The van der Waals surface area contributed by atoms with Crippen LogP contribution < -0.4 is 110 Å². The maximum absolute atomic E-state index is 14.7. The first-order valence-electron chi connectivity index (χ1n) is 34.0. The second kappa shape index (κ2) is 47.1. The number of guanidine groups is 1. The fourth-order valence-corrected chi connectivity index (χ4v) is 10.2. The minimum atomic E-state index is -1.95. The lowest BCUT2D eigenvalue weighted by Gasteiger charge is -2.29. The number of primary amides is 3. The van der Waals surface area contributed by atoms with Crippen molar-refractivity contribution in [2.45, 2.75) is 190 Å². The lowest BCUT2D eigenvalue weighted by Crippen LogP contribution is -2.62. The fourth-order valence-electron chi connectivity index (χ4n) is 10.2. The number of hydrogen-bond donors (Lipinski definition) is 24. The number of amides is 15. The molecule has 588 valence electrons. The Labute approximate surface area is 610 Å². The summed E-state index contributed by atoms with van der Waals surface area (Å²) in [5.74, 6) is -18.6. The van der Waals surface area contributed by atoms with E-state index in [9.17, 15) is 92.0 Å². The van der Waals surface area contributed by atoms with Crippen LogP contribution in [0.5, 0.6) is 11.5 Å². The zero-order valence-electron chi connectivity index (χ0n) is 59.4. The Morgan fingerprint density at radius 3 is 1.14 bits per heavy atom. The summed E-state index contributed by atoms with van der Waals surface area (Å²) in [6, 6.07) is -7.85. The molecule has 2 aromatic rings. The van der Waals surface area contributed by atoms with Crippen molar-refractivity contribution in [2.24, 2.45) is 56.8 Å². The number of carbonyl (C=O) groups excluding carboxylic acids is 15. The zero-order valence-corrected chi connectivity index (χ0v) is 59.4. The molecule has 12 atom stereocenters. The number of carboxylic acid groups (broad SMARTS) is 1. The van der Waals surface area contributed by atoms with Crippen LogP contribution in [-0.4, -0.2) is 226 Å². The van der Waals surface area contributed by atoms with Crippen LogP contribution in [0.2, 0.25) is 0 Å². The SMILES string of the molecule is CC(C)C[C@H](NC(=O)[C@H](CC(N)=O)NC(=O)[C@H](CCCN=C(N)N)NC(=O)[C@H](CCCCN)NC(=O)[C@H](Cc1ccc(O)cc1)NC(=O)[C@@H](NC(=O)[C@H](C)NC(=O)[C@H](Cc1ccc(O)cc1)NC(=O)[C@H](CC(N)=O)NC(=O)[C@H](CC(N)=O)NC(=O)CN)[C@@H](C)O)C(=O)N[C@@H](CCCCN)C(=O)NCC(=O)O. The van der Waals surface area contributed by atoms with Gasteiger partial charge in [0.05, 0.1) is 31.9 Å². The number of benzene rings is 2. The van der Waals surface area contributed by atoms with Crippen LogP contribution in [0, 0.1) is 5.92 Å². The Bertz CT molecular complexity index is 3380. The van der Waals surface area contributed by atoms with E-state index in [-0.39, 0.29) is 88.0 Å². The summed E-state index contributed by atoms with van der Waals surface area (Å²) >= 11 is 0. The average molecular weight is 1500 g/mol. The predicted octanol–water partition coefficient (Wildman–Crippen LogP) is -9.24. The molecule has 0 heterocycles. The number of carboxylic acids is 1. The first-order chi connectivity index (χ1) is 49.9. The van der Waals surface area contributed by atoms with E-state index < -0.39 is 212 Å². The van der Waals surface area contributed by atoms with Crippen LogP contribution in [0.3, 0.4) is 0 Å². The number of nitrogens with one attached hydrogen (secondary N) is 12. The van der Waals surface area contributed by atoms with Crippen molar-refractivity contribution in [3.05, 3.63) is 59.7 Å². The van der Waals surface area contributed by atoms with Crippen molar-refractivity contribution in [3.8, 4) is 11.5 Å². The topological polar surface area (TPSA) is 719 Å². The van der Waals surface area contributed by atoms with Crippen LogP contribution in [0.4, 0.5) is 0 Å². The second-order valence-electron chi connectivity index (χ2n) is 25.3. The molecule has 2 aromatic carbocycles. The minimum Gasteiger partial charge on any atom is -0.508 e. The summed E-state index contributed by atoms with van der Waals surface area (Å²) in [6.07, 6.45) is -4.50. The van der Waals surface area contributed by atoms with E-state index in [1.807, 2.05) is 0 Å². The number of unbranched alkanes of at least 4 members (excludes halogenated alkanes) is 2. The van der Waals surface area contributed by atoms with Crippen molar-refractivity contribution in [3.63, 3.8) is 0 Å². The van der Waals surface area contributed by atoms with E-state index in [2.05, 4.69) is 68.8 Å². The van der Waals surface area contributed by atoms with Crippen LogP contribution in [0.1, 0.15) is 116 Å². The largest absolute Gasteiger partial charge is 0.508 e. The van der Waals surface area contributed by atoms with E-state index in [1.54, 1.807) is 13.8 Å². The normalized spacial score (nSPS) is 14.3. The van der Waals surface area contributed by atoms with Crippen LogP contribution in [0.25, 0.3) is 0 Å². The molecule has 41 nitrogen and oxygen atoms in total. The Morgan fingerprint density at radius 2 is 0.755 bits per heavy atom. The van der Waals surface area contributed by atoms with E-state index in [0.717, 1.165) is 13.8 Å². The van der Waals surface area contributed by atoms with E-state index >= 15 is 0 Å². The van der Waals surface area contributed by atoms with Gasteiger partial charge in [-0.05, 0) is 126 Å². The standard InChI is InChI=1S/C65H103N21O20/c1-32(2)24-42(59(101)78-39(10-5-7-21-66)55(97)75-31-52(94)95)81-62(104)46(28-49(70)91)83-57(99)41(12-9-23-74-65(72)73)79-56(98)40(11-6-8-22-67)80-60(102)44(26-36-15-19-38(89)20-16-36)85-64(106)53(34(4)87)86-54(96)33(3)76-58(100)43(25-35-13-17-37(88)18-14-35)82-63(105)47(29-50(71)92)84-61(103)45(27-48(69)90)77-51(93)30-68/h13-20,32-34,39-47,53,87-89H,5-12,21-31,66-68H2,1-4H3,(H2,69,90)(H2,70,91)(H2,71,92)(H,75,97)(H,76,100)(H,77,93)(H,78,101)(H,79,98)(H,80,102)(H,81,104)(H,82,105)(H,83,99)(H,84,103)(H,85,106)(H,86,96)(H,94,95)(H4,72,73,74)/t33-,34+,39-,40-,41-,42-,43-,44-,45-,46-,47-,53-/m0/s1. The molecule has 0 aliphatic rings. The molecule has 0 fully saturated rings. The Morgan fingerprint density at radius 1 is 0.406 bits per heavy atom. The van der Waals surface area contributed by atoms with Crippen LogP contribution in [0.15, 0.2) is 53.5 Å². The van der Waals surface area contributed by atoms with Crippen LogP contribution >= 0.6 is 0 Å². The Hall–Kier alpha value is -11.3. The van der Waals surface area contributed by atoms with Gasteiger partial charge < -0.3 is 130 Å². The molecule has 0 aliphatic heterocycles. The van der Waals surface area contributed by atoms with Gasteiger partial charge in [0.2, 0.25) is 88.6 Å². The van der Waals surface area contributed by atoms with Gasteiger partial charge in [-0.2, -0.15) is 0 Å². The molecular formula is C65H103N21O20. The number of phenolic OH excluding ortho intramolecular Hbond substituents is 2. The lowest BCUT2D eigenvalue weighted by molar-refractivity contribution is -0.138. The number of aliphatic imine (C=N–C) groups is 1. The molecular weight excluding hydrogens is 1390 g/mol. The Kier molecular flexibility index (Phi) is 40.3. The van der Waals surface area contributed by atoms with E-state index in [1.165, 1.54) is 48.5 Å². The summed E-state index contributed by atoms with van der Waals surface area (Å²) in [6.45, 7) is 4.45.